The molecule has 132 valence electrons. The third-order valence-corrected chi connectivity index (χ3v) is 4.66. The normalized spacial score (nSPS) is 11.0. The summed E-state index contributed by atoms with van der Waals surface area (Å²) in [7, 11) is 1.57. The molecular weight excluding hydrogens is 376 g/mol. The van der Waals surface area contributed by atoms with E-state index in [1.54, 1.807) is 31.4 Å². The molecule has 0 amide bonds. The third kappa shape index (κ3) is 3.60. The molecule has 0 spiro atoms. The van der Waals surface area contributed by atoms with Crippen LogP contribution in [0.4, 0.5) is 16.4 Å². The predicted molar refractivity (Wildman–Crippen MR) is 100.0 cm³/mol. The summed E-state index contributed by atoms with van der Waals surface area (Å²) in [6.45, 7) is 0. The summed E-state index contributed by atoms with van der Waals surface area (Å²) in [5.41, 5.74) is 1.06. The molecule has 0 radical (unpaired) electrons. The minimum absolute atomic E-state index is 0.0342. The number of hydrogen-bond donors (Lipinski definition) is 1. The number of ether oxygens (including phenoxy) is 1. The van der Waals surface area contributed by atoms with Crippen molar-refractivity contribution in [2.45, 2.75) is 0 Å². The van der Waals surface area contributed by atoms with Crippen molar-refractivity contribution in [2.75, 3.05) is 7.11 Å². The van der Waals surface area contributed by atoms with E-state index in [1.165, 1.54) is 28.8 Å². The van der Waals surface area contributed by atoms with E-state index in [1.807, 2.05) is 0 Å². The highest BCUT2D eigenvalue weighted by molar-refractivity contribution is 7.73. The molecule has 1 N–H and O–H groups in total. The van der Waals surface area contributed by atoms with Crippen LogP contribution in [0, 0.1) is 14.1 Å². The largest absolute Gasteiger partial charge is 0.497 e. The van der Waals surface area contributed by atoms with Crippen molar-refractivity contribution >= 4 is 39.9 Å². The Kier molecular flexibility index (Phi) is 5.05. The van der Waals surface area contributed by atoms with Gasteiger partial charge in [0.05, 0.1) is 23.4 Å². The van der Waals surface area contributed by atoms with E-state index in [4.69, 9.17) is 17.0 Å². The van der Waals surface area contributed by atoms with Gasteiger partial charge in [-0.05, 0) is 48.6 Å². The molecule has 3 aromatic rings. The van der Waals surface area contributed by atoms with Crippen LogP contribution in [-0.4, -0.2) is 21.7 Å². The van der Waals surface area contributed by atoms with Crippen molar-refractivity contribution in [3.8, 4) is 17.3 Å². The van der Waals surface area contributed by atoms with Crippen LogP contribution in [0.2, 0.25) is 0 Å². The topological polar surface area (TPSA) is 102 Å². The molecule has 0 unspecified atom stereocenters. The fraction of sp³-hybridized carbons (Fsp3) is 0.0625. The number of hydrogen-bond acceptors (Lipinski definition) is 8. The molecule has 0 aliphatic heterocycles. The molecule has 0 aliphatic carbocycles. The molecule has 0 fully saturated rings. The Hall–Kier alpha value is -3.11. The number of methoxy groups -OCH3 is 1. The zero-order valence-corrected chi connectivity index (χ0v) is 15.0. The van der Waals surface area contributed by atoms with Crippen LogP contribution in [0.25, 0.3) is 5.69 Å². The summed E-state index contributed by atoms with van der Waals surface area (Å²) < 4.78 is 6.99. The van der Waals surface area contributed by atoms with Crippen LogP contribution >= 0.6 is 23.6 Å². The number of nitro groups is 1. The van der Waals surface area contributed by atoms with E-state index in [-0.39, 0.29) is 16.6 Å². The lowest BCUT2D eigenvalue weighted by Gasteiger charge is -2.05. The first-order valence-corrected chi connectivity index (χ1v) is 8.47. The molecule has 2 aromatic carbocycles. The van der Waals surface area contributed by atoms with Crippen LogP contribution in [0.3, 0.4) is 0 Å². The van der Waals surface area contributed by atoms with Gasteiger partial charge in [0.15, 0.2) is 3.95 Å². The van der Waals surface area contributed by atoms with Gasteiger partial charge in [-0.2, -0.15) is 0 Å². The highest BCUT2D eigenvalue weighted by Gasteiger charge is 2.13. The van der Waals surface area contributed by atoms with E-state index in [0.717, 1.165) is 11.3 Å². The number of rotatable bonds is 5. The SMILES string of the molecule is COc1ccc(-n2c(O)c(N=Nc3ccc([N+](=O)[O-])cc3)sc2=S)cc1. The maximum Gasteiger partial charge on any atom is 0.269 e. The number of azo groups is 1. The number of nitro benzene ring substituents is 1. The monoisotopic (exact) mass is 388 g/mol. The molecule has 1 aromatic heterocycles. The second kappa shape index (κ2) is 7.42. The number of nitrogens with zero attached hydrogens (tertiary/aromatic N) is 4. The molecule has 0 atom stereocenters. The molecule has 8 nitrogen and oxygen atoms in total. The Morgan fingerprint density at radius 2 is 1.81 bits per heavy atom. The molecule has 0 saturated carbocycles. The molecule has 26 heavy (non-hydrogen) atoms. The second-order valence-electron chi connectivity index (χ2n) is 5.00. The smallest absolute Gasteiger partial charge is 0.269 e. The average Bonchev–Trinajstić information content (AvgIpc) is 2.94. The Labute approximate surface area is 156 Å². The quantitative estimate of drug-likeness (QED) is 0.276. The van der Waals surface area contributed by atoms with E-state index in [9.17, 15) is 15.2 Å². The number of aromatic hydroxyl groups is 1. The van der Waals surface area contributed by atoms with Gasteiger partial charge in [0.25, 0.3) is 5.69 Å². The van der Waals surface area contributed by atoms with Gasteiger partial charge in [-0.3, -0.25) is 14.7 Å². The lowest BCUT2D eigenvalue weighted by atomic mass is 10.3. The van der Waals surface area contributed by atoms with Crippen LogP contribution in [0.5, 0.6) is 11.6 Å². The van der Waals surface area contributed by atoms with E-state index < -0.39 is 4.92 Å². The second-order valence-corrected chi connectivity index (χ2v) is 6.63. The van der Waals surface area contributed by atoms with Gasteiger partial charge in [-0.15, -0.1) is 10.2 Å². The zero-order chi connectivity index (χ0) is 18.7. The standard InChI is InChI=1S/C16H12N4O4S2/c1-24-13-8-6-11(7-9-13)19-15(21)14(26-16(19)25)18-17-10-2-4-12(5-3-10)20(22)23/h2-9,21H,1H3. The molecule has 0 saturated heterocycles. The minimum atomic E-state index is -0.493. The predicted octanol–water partition coefficient (Wildman–Crippen LogP) is 5.31. The summed E-state index contributed by atoms with van der Waals surface area (Å²) in [6, 6.07) is 12.6. The Bertz CT molecular complexity index is 1020. The van der Waals surface area contributed by atoms with Crippen LogP contribution in [-0.2, 0) is 0 Å². The molecular formula is C16H12N4O4S2. The van der Waals surface area contributed by atoms with Gasteiger partial charge in [-0.25, -0.2) is 0 Å². The molecule has 3 rings (SSSR count). The van der Waals surface area contributed by atoms with Crippen molar-refractivity contribution in [2.24, 2.45) is 10.2 Å². The summed E-state index contributed by atoms with van der Waals surface area (Å²) >= 11 is 6.39. The van der Waals surface area contributed by atoms with E-state index >= 15 is 0 Å². The Morgan fingerprint density at radius 3 is 2.38 bits per heavy atom. The Balaban J connectivity index is 1.89. The van der Waals surface area contributed by atoms with Crippen molar-refractivity contribution in [3.63, 3.8) is 0 Å². The summed E-state index contributed by atoms with van der Waals surface area (Å²) in [5.74, 6) is 0.559. The van der Waals surface area contributed by atoms with E-state index in [0.29, 0.717) is 21.1 Å². The summed E-state index contributed by atoms with van der Waals surface area (Å²) in [5, 5.41) is 29.3. The molecule has 0 bridgehead atoms. The van der Waals surface area contributed by atoms with Crippen molar-refractivity contribution in [3.05, 3.63) is 62.6 Å². The van der Waals surface area contributed by atoms with E-state index in [2.05, 4.69) is 10.2 Å². The minimum Gasteiger partial charge on any atom is -0.497 e. The van der Waals surface area contributed by atoms with Gasteiger partial charge in [0, 0.05) is 12.1 Å². The maximum atomic E-state index is 10.6. The van der Waals surface area contributed by atoms with Crippen molar-refractivity contribution in [1.82, 2.24) is 4.57 Å². The highest BCUT2D eigenvalue weighted by atomic mass is 32.1. The van der Waals surface area contributed by atoms with Crippen LogP contribution < -0.4 is 4.74 Å². The molecule has 1 heterocycles. The summed E-state index contributed by atoms with van der Waals surface area (Å²) in [4.78, 5) is 10.2. The fourth-order valence-electron chi connectivity index (χ4n) is 2.12. The highest BCUT2D eigenvalue weighted by Crippen LogP contribution is 2.38. The first-order valence-electron chi connectivity index (χ1n) is 7.25. The maximum absolute atomic E-state index is 10.6. The lowest BCUT2D eigenvalue weighted by molar-refractivity contribution is -0.384. The Morgan fingerprint density at radius 1 is 1.15 bits per heavy atom. The number of benzene rings is 2. The number of non-ortho nitro benzene ring substituents is 1. The third-order valence-electron chi connectivity index (χ3n) is 3.42. The van der Waals surface area contributed by atoms with Gasteiger partial charge >= 0.3 is 0 Å². The number of thiazole rings is 1. The zero-order valence-electron chi connectivity index (χ0n) is 13.4. The lowest BCUT2D eigenvalue weighted by Crippen LogP contribution is -1.92. The first-order chi connectivity index (χ1) is 12.5. The van der Waals surface area contributed by atoms with Crippen LogP contribution in [0.1, 0.15) is 0 Å². The first kappa shape index (κ1) is 17.7. The van der Waals surface area contributed by atoms with Gasteiger partial charge in [0.2, 0.25) is 10.9 Å². The average molecular weight is 388 g/mol. The van der Waals surface area contributed by atoms with Gasteiger partial charge < -0.3 is 9.84 Å². The number of aromatic nitrogens is 1. The van der Waals surface area contributed by atoms with Crippen molar-refractivity contribution < 1.29 is 14.8 Å². The van der Waals surface area contributed by atoms with Gasteiger partial charge in [0.1, 0.15) is 5.75 Å². The molecule has 0 aliphatic rings. The molecule has 10 heteroatoms. The van der Waals surface area contributed by atoms with Crippen LogP contribution in [0.15, 0.2) is 58.8 Å². The van der Waals surface area contributed by atoms with Crippen molar-refractivity contribution in [1.29, 1.82) is 0 Å². The van der Waals surface area contributed by atoms with Gasteiger partial charge in [-0.1, -0.05) is 11.3 Å². The summed E-state index contributed by atoms with van der Waals surface area (Å²) in [6.07, 6.45) is 0. The fourth-order valence-corrected chi connectivity index (χ4v) is 3.27.